The molecule has 1 saturated carbocycles. The summed E-state index contributed by atoms with van der Waals surface area (Å²) in [7, 11) is 0. The average Bonchev–Trinajstić information content (AvgIpc) is 2.90. The molecule has 3 unspecified atom stereocenters. The van der Waals surface area contributed by atoms with Crippen LogP contribution >= 0.6 is 0 Å². The van der Waals surface area contributed by atoms with Gasteiger partial charge in [-0.3, -0.25) is 9.80 Å². The van der Waals surface area contributed by atoms with E-state index in [0.717, 1.165) is 18.5 Å². The van der Waals surface area contributed by atoms with Crippen LogP contribution in [-0.2, 0) is 0 Å². The first-order valence-corrected chi connectivity index (χ1v) is 8.34. The Morgan fingerprint density at radius 3 is 2.58 bits per heavy atom. The number of likely N-dealkylation sites (tertiary alicyclic amines) is 1. The van der Waals surface area contributed by atoms with Crippen molar-refractivity contribution >= 4 is 0 Å². The summed E-state index contributed by atoms with van der Waals surface area (Å²) in [5, 5.41) is 0. The number of rotatable bonds is 5. The minimum absolute atomic E-state index is 0.319. The van der Waals surface area contributed by atoms with Gasteiger partial charge in [-0.1, -0.05) is 33.6 Å². The summed E-state index contributed by atoms with van der Waals surface area (Å²) in [5.74, 6) is 0.852. The van der Waals surface area contributed by atoms with Crippen molar-refractivity contribution in [2.45, 2.75) is 64.5 Å². The molecule has 1 heterocycles. The van der Waals surface area contributed by atoms with Crippen LogP contribution in [0.15, 0.2) is 0 Å². The van der Waals surface area contributed by atoms with Gasteiger partial charge in [0, 0.05) is 31.2 Å². The molecule has 2 rings (SSSR count). The molecule has 1 aliphatic heterocycles. The molecule has 0 aromatic heterocycles. The summed E-state index contributed by atoms with van der Waals surface area (Å²) in [6.07, 6.45) is 6.73. The maximum Gasteiger partial charge on any atom is 0.0334 e. The Labute approximate surface area is 119 Å². The Balaban J connectivity index is 2.01. The van der Waals surface area contributed by atoms with Gasteiger partial charge in [-0.05, 0) is 38.3 Å². The zero-order valence-electron chi connectivity index (χ0n) is 13.2. The standard InChI is InChI=1S/C16H33N3/c1-4-18(5-2)15-8-10-19(12-15)16(13-17)9-6-7-14(3)11-16/h14-15H,4-13,17H2,1-3H3. The van der Waals surface area contributed by atoms with Gasteiger partial charge in [-0.25, -0.2) is 0 Å². The first kappa shape index (κ1) is 15.3. The van der Waals surface area contributed by atoms with Crippen LogP contribution in [0.25, 0.3) is 0 Å². The van der Waals surface area contributed by atoms with Gasteiger partial charge in [0.05, 0.1) is 0 Å². The van der Waals surface area contributed by atoms with E-state index in [-0.39, 0.29) is 0 Å². The summed E-state index contributed by atoms with van der Waals surface area (Å²) >= 11 is 0. The third-order valence-corrected chi connectivity index (χ3v) is 5.61. The molecule has 1 saturated heterocycles. The number of hydrogen-bond donors (Lipinski definition) is 1. The monoisotopic (exact) mass is 267 g/mol. The number of hydrogen-bond acceptors (Lipinski definition) is 3. The molecular weight excluding hydrogens is 234 g/mol. The summed E-state index contributed by atoms with van der Waals surface area (Å²) < 4.78 is 0. The van der Waals surface area contributed by atoms with Gasteiger partial charge in [0.2, 0.25) is 0 Å². The van der Waals surface area contributed by atoms with Crippen molar-refractivity contribution < 1.29 is 0 Å². The van der Waals surface area contributed by atoms with Gasteiger partial charge in [-0.15, -0.1) is 0 Å². The van der Waals surface area contributed by atoms with Gasteiger partial charge < -0.3 is 5.73 Å². The van der Waals surface area contributed by atoms with Gasteiger partial charge in [0.1, 0.15) is 0 Å². The third-order valence-electron chi connectivity index (χ3n) is 5.61. The molecule has 0 aromatic rings. The highest BCUT2D eigenvalue weighted by Gasteiger charge is 2.42. The Hall–Kier alpha value is -0.120. The van der Waals surface area contributed by atoms with E-state index in [1.807, 2.05) is 0 Å². The van der Waals surface area contributed by atoms with Crippen molar-refractivity contribution in [3.8, 4) is 0 Å². The van der Waals surface area contributed by atoms with E-state index in [2.05, 4.69) is 30.6 Å². The normalized spacial score (nSPS) is 37.1. The van der Waals surface area contributed by atoms with Gasteiger partial charge in [0.25, 0.3) is 0 Å². The van der Waals surface area contributed by atoms with Gasteiger partial charge in [-0.2, -0.15) is 0 Å². The van der Waals surface area contributed by atoms with Crippen LogP contribution < -0.4 is 5.73 Å². The van der Waals surface area contributed by atoms with Crippen molar-refractivity contribution in [1.29, 1.82) is 0 Å². The lowest BCUT2D eigenvalue weighted by atomic mass is 9.75. The fraction of sp³-hybridized carbons (Fsp3) is 1.00. The molecule has 0 radical (unpaired) electrons. The summed E-state index contributed by atoms with van der Waals surface area (Å²) in [6.45, 7) is 12.7. The molecule has 3 heteroatoms. The summed E-state index contributed by atoms with van der Waals surface area (Å²) in [5.41, 5.74) is 6.53. The average molecular weight is 267 g/mol. The van der Waals surface area contributed by atoms with Crippen LogP contribution in [0.3, 0.4) is 0 Å². The van der Waals surface area contributed by atoms with E-state index in [0.29, 0.717) is 5.54 Å². The largest absolute Gasteiger partial charge is 0.329 e. The highest BCUT2D eigenvalue weighted by molar-refractivity contribution is 5.00. The highest BCUT2D eigenvalue weighted by atomic mass is 15.3. The Morgan fingerprint density at radius 2 is 2.00 bits per heavy atom. The molecule has 1 aliphatic carbocycles. The van der Waals surface area contributed by atoms with E-state index in [9.17, 15) is 0 Å². The Morgan fingerprint density at radius 1 is 1.26 bits per heavy atom. The zero-order valence-corrected chi connectivity index (χ0v) is 13.2. The third kappa shape index (κ3) is 3.14. The Kier molecular flexibility index (Phi) is 5.27. The van der Waals surface area contributed by atoms with Gasteiger partial charge in [0.15, 0.2) is 0 Å². The second-order valence-electron chi connectivity index (χ2n) is 6.74. The summed E-state index contributed by atoms with van der Waals surface area (Å²) in [6, 6.07) is 0.760. The SMILES string of the molecule is CCN(CC)C1CCN(C2(CN)CCCC(C)C2)C1. The molecule has 2 aliphatic rings. The molecule has 0 spiro atoms. The number of nitrogens with two attached hydrogens (primary N) is 1. The Bertz CT molecular complexity index is 277. The molecule has 2 N–H and O–H groups in total. The highest BCUT2D eigenvalue weighted by Crippen LogP contribution is 2.38. The summed E-state index contributed by atoms with van der Waals surface area (Å²) in [4.78, 5) is 5.36. The fourth-order valence-electron chi connectivity index (χ4n) is 4.44. The van der Waals surface area contributed by atoms with Crippen LogP contribution in [0.1, 0.15) is 52.9 Å². The smallest absolute Gasteiger partial charge is 0.0334 e. The first-order chi connectivity index (χ1) is 9.15. The van der Waals surface area contributed by atoms with Crippen LogP contribution in [-0.4, -0.2) is 54.1 Å². The van der Waals surface area contributed by atoms with E-state index >= 15 is 0 Å². The topological polar surface area (TPSA) is 32.5 Å². The molecule has 0 amide bonds. The van der Waals surface area contributed by atoms with Crippen molar-refractivity contribution in [3.63, 3.8) is 0 Å². The quantitative estimate of drug-likeness (QED) is 0.829. The predicted molar refractivity (Wildman–Crippen MR) is 82.3 cm³/mol. The van der Waals surface area contributed by atoms with E-state index in [1.165, 1.54) is 58.3 Å². The lowest BCUT2D eigenvalue weighted by Crippen LogP contribution is -2.56. The van der Waals surface area contributed by atoms with E-state index < -0.39 is 0 Å². The molecule has 3 nitrogen and oxygen atoms in total. The fourth-order valence-corrected chi connectivity index (χ4v) is 4.44. The minimum atomic E-state index is 0.319. The lowest BCUT2D eigenvalue weighted by Gasteiger charge is -2.46. The predicted octanol–water partition coefficient (Wildman–Crippen LogP) is 2.31. The van der Waals surface area contributed by atoms with Crippen LogP contribution in [0.4, 0.5) is 0 Å². The van der Waals surface area contributed by atoms with E-state index in [4.69, 9.17) is 5.73 Å². The molecule has 112 valence electrons. The van der Waals surface area contributed by atoms with Gasteiger partial charge >= 0.3 is 0 Å². The second-order valence-corrected chi connectivity index (χ2v) is 6.74. The molecule has 19 heavy (non-hydrogen) atoms. The first-order valence-electron chi connectivity index (χ1n) is 8.34. The van der Waals surface area contributed by atoms with Crippen molar-refractivity contribution in [2.24, 2.45) is 11.7 Å². The van der Waals surface area contributed by atoms with Crippen molar-refractivity contribution in [3.05, 3.63) is 0 Å². The molecule has 3 atom stereocenters. The van der Waals surface area contributed by atoms with Crippen molar-refractivity contribution in [2.75, 3.05) is 32.7 Å². The van der Waals surface area contributed by atoms with Crippen LogP contribution in [0.5, 0.6) is 0 Å². The van der Waals surface area contributed by atoms with Crippen molar-refractivity contribution in [1.82, 2.24) is 9.80 Å². The lowest BCUT2D eigenvalue weighted by molar-refractivity contribution is 0.0523. The van der Waals surface area contributed by atoms with Crippen LogP contribution in [0.2, 0.25) is 0 Å². The molecule has 2 fully saturated rings. The zero-order chi connectivity index (χ0) is 13.9. The minimum Gasteiger partial charge on any atom is -0.329 e. The molecule has 0 bridgehead atoms. The molecular formula is C16H33N3. The van der Waals surface area contributed by atoms with E-state index in [1.54, 1.807) is 0 Å². The second kappa shape index (κ2) is 6.55. The maximum absolute atomic E-state index is 6.21. The maximum atomic E-state index is 6.21. The number of nitrogens with zero attached hydrogens (tertiary/aromatic N) is 2. The number of likely N-dealkylation sites (N-methyl/N-ethyl adjacent to an activating group) is 1. The molecule has 0 aromatic carbocycles. The van der Waals surface area contributed by atoms with Crippen LogP contribution in [0, 0.1) is 5.92 Å².